The molecule has 1 atom stereocenters. The van der Waals surface area contributed by atoms with Crippen LogP contribution in [0.4, 0.5) is 0 Å². The van der Waals surface area contributed by atoms with Crippen molar-refractivity contribution in [3.8, 4) is 11.5 Å². The van der Waals surface area contributed by atoms with Crippen LogP contribution in [0, 0.1) is 0 Å². The molecule has 3 N–H and O–H groups in total. The van der Waals surface area contributed by atoms with Gasteiger partial charge in [-0.1, -0.05) is 13.0 Å². The lowest BCUT2D eigenvalue weighted by atomic mass is 10.0. The number of aromatic hydroxyl groups is 1. The summed E-state index contributed by atoms with van der Waals surface area (Å²) in [6.07, 6.45) is 1.71. The normalized spacial score (nSPS) is 12.5. The monoisotopic (exact) mass is 195 g/mol. The van der Waals surface area contributed by atoms with Gasteiger partial charge in [-0.3, -0.25) is 0 Å². The quantitative estimate of drug-likeness (QED) is 0.768. The summed E-state index contributed by atoms with van der Waals surface area (Å²) in [5, 5.41) is 9.25. The molecule has 0 radical (unpaired) electrons. The molecule has 14 heavy (non-hydrogen) atoms. The third-order valence-corrected chi connectivity index (χ3v) is 2.28. The first-order chi connectivity index (χ1) is 6.67. The number of ether oxygens (including phenoxy) is 1. The van der Waals surface area contributed by atoms with Crippen molar-refractivity contribution in [2.45, 2.75) is 25.8 Å². The van der Waals surface area contributed by atoms with Gasteiger partial charge in [0.2, 0.25) is 0 Å². The minimum absolute atomic E-state index is 0.147. The van der Waals surface area contributed by atoms with Crippen molar-refractivity contribution < 1.29 is 9.84 Å². The molecule has 0 spiro atoms. The fourth-order valence-electron chi connectivity index (χ4n) is 1.33. The van der Waals surface area contributed by atoms with Gasteiger partial charge in [0.1, 0.15) is 11.5 Å². The lowest BCUT2D eigenvalue weighted by Gasteiger charge is -2.12. The van der Waals surface area contributed by atoms with E-state index in [1.807, 2.05) is 6.07 Å². The van der Waals surface area contributed by atoms with Crippen molar-refractivity contribution in [2.24, 2.45) is 5.73 Å². The summed E-state index contributed by atoms with van der Waals surface area (Å²) in [4.78, 5) is 0. The van der Waals surface area contributed by atoms with Gasteiger partial charge < -0.3 is 15.6 Å². The molecule has 78 valence electrons. The Morgan fingerprint density at radius 3 is 2.79 bits per heavy atom. The summed E-state index contributed by atoms with van der Waals surface area (Å²) >= 11 is 0. The van der Waals surface area contributed by atoms with Crippen molar-refractivity contribution in [3.05, 3.63) is 23.8 Å². The van der Waals surface area contributed by atoms with Crippen molar-refractivity contribution in [1.29, 1.82) is 0 Å². The first-order valence-electron chi connectivity index (χ1n) is 4.78. The van der Waals surface area contributed by atoms with Gasteiger partial charge in [0.15, 0.2) is 0 Å². The highest BCUT2D eigenvalue weighted by molar-refractivity contribution is 5.40. The molecule has 0 aliphatic heterocycles. The van der Waals surface area contributed by atoms with Crippen LogP contribution in [-0.2, 0) is 6.42 Å². The Labute approximate surface area is 84.5 Å². The second kappa shape index (κ2) is 4.86. The zero-order valence-electron chi connectivity index (χ0n) is 8.66. The molecule has 1 unspecified atom stereocenters. The Morgan fingerprint density at radius 2 is 2.21 bits per heavy atom. The highest BCUT2D eigenvalue weighted by Crippen LogP contribution is 2.24. The van der Waals surface area contributed by atoms with Crippen LogP contribution in [0.15, 0.2) is 18.2 Å². The van der Waals surface area contributed by atoms with E-state index in [-0.39, 0.29) is 11.8 Å². The van der Waals surface area contributed by atoms with Gasteiger partial charge in [-0.05, 0) is 24.5 Å². The summed E-state index contributed by atoms with van der Waals surface area (Å²) in [5.74, 6) is 0.921. The fourth-order valence-corrected chi connectivity index (χ4v) is 1.33. The van der Waals surface area contributed by atoms with Gasteiger partial charge in [-0.25, -0.2) is 0 Å². The molecule has 3 nitrogen and oxygen atoms in total. The van der Waals surface area contributed by atoms with E-state index >= 15 is 0 Å². The second-order valence-corrected chi connectivity index (χ2v) is 3.37. The molecule has 0 fully saturated rings. The number of benzene rings is 1. The maximum Gasteiger partial charge on any atom is 0.125 e. The predicted octanol–water partition coefficient (Wildman–Crippen LogP) is 1.68. The lowest BCUT2D eigenvalue weighted by molar-refractivity contribution is 0.400. The summed E-state index contributed by atoms with van der Waals surface area (Å²) < 4.78 is 5.16. The standard InChI is InChI=1S/C11H17NO2/c1-3-9(12)6-8-4-5-10(13)7-11(8)14-2/h4-5,7,9,13H,3,6,12H2,1-2H3. The van der Waals surface area contributed by atoms with Crippen molar-refractivity contribution in [2.75, 3.05) is 7.11 Å². The summed E-state index contributed by atoms with van der Waals surface area (Å²) in [7, 11) is 1.59. The van der Waals surface area contributed by atoms with Crippen LogP contribution in [0.25, 0.3) is 0 Å². The lowest BCUT2D eigenvalue weighted by Crippen LogP contribution is -2.21. The molecular formula is C11H17NO2. The van der Waals surface area contributed by atoms with Gasteiger partial charge in [0.25, 0.3) is 0 Å². The van der Waals surface area contributed by atoms with Crippen molar-refractivity contribution >= 4 is 0 Å². The molecule has 0 bridgehead atoms. The van der Waals surface area contributed by atoms with Crippen LogP contribution in [0.5, 0.6) is 11.5 Å². The van der Waals surface area contributed by atoms with Gasteiger partial charge in [0, 0.05) is 12.1 Å². The minimum atomic E-state index is 0.147. The van der Waals surface area contributed by atoms with E-state index in [0.717, 1.165) is 18.4 Å². The van der Waals surface area contributed by atoms with Crippen LogP contribution < -0.4 is 10.5 Å². The van der Waals surface area contributed by atoms with E-state index in [4.69, 9.17) is 10.5 Å². The Hall–Kier alpha value is -1.22. The minimum Gasteiger partial charge on any atom is -0.508 e. The highest BCUT2D eigenvalue weighted by Gasteiger charge is 2.07. The van der Waals surface area contributed by atoms with E-state index in [2.05, 4.69) is 6.92 Å². The van der Waals surface area contributed by atoms with Crippen LogP contribution in [-0.4, -0.2) is 18.3 Å². The molecule has 3 heteroatoms. The Balaban J connectivity index is 2.85. The molecule has 0 aliphatic carbocycles. The second-order valence-electron chi connectivity index (χ2n) is 3.37. The van der Waals surface area contributed by atoms with Gasteiger partial charge in [-0.15, -0.1) is 0 Å². The Kier molecular flexibility index (Phi) is 3.77. The van der Waals surface area contributed by atoms with E-state index in [1.54, 1.807) is 19.2 Å². The first-order valence-corrected chi connectivity index (χ1v) is 4.78. The fraction of sp³-hybridized carbons (Fsp3) is 0.455. The SMILES string of the molecule is CCC(N)Cc1ccc(O)cc1OC. The molecule has 0 aromatic heterocycles. The van der Waals surface area contributed by atoms with Gasteiger partial charge >= 0.3 is 0 Å². The summed E-state index contributed by atoms with van der Waals surface area (Å²) in [6.45, 7) is 2.05. The number of hydrogen-bond donors (Lipinski definition) is 2. The molecule has 0 saturated heterocycles. The Morgan fingerprint density at radius 1 is 1.50 bits per heavy atom. The molecular weight excluding hydrogens is 178 g/mol. The summed E-state index contributed by atoms with van der Waals surface area (Å²) in [6, 6.07) is 5.26. The van der Waals surface area contributed by atoms with Gasteiger partial charge in [0.05, 0.1) is 7.11 Å². The van der Waals surface area contributed by atoms with E-state index < -0.39 is 0 Å². The third kappa shape index (κ3) is 2.64. The number of methoxy groups -OCH3 is 1. The zero-order valence-corrected chi connectivity index (χ0v) is 8.66. The van der Waals surface area contributed by atoms with Crippen LogP contribution >= 0.6 is 0 Å². The largest absolute Gasteiger partial charge is 0.508 e. The molecule has 0 amide bonds. The maximum atomic E-state index is 9.25. The first kappa shape index (κ1) is 10.9. The number of hydrogen-bond acceptors (Lipinski definition) is 3. The number of phenols is 1. The molecule has 0 saturated carbocycles. The zero-order chi connectivity index (χ0) is 10.6. The molecule has 0 aliphatic rings. The summed E-state index contributed by atoms with van der Waals surface area (Å²) in [5.41, 5.74) is 6.89. The van der Waals surface area contributed by atoms with Crippen molar-refractivity contribution in [1.82, 2.24) is 0 Å². The molecule has 1 aromatic carbocycles. The Bertz CT molecular complexity index is 299. The van der Waals surface area contributed by atoms with Crippen LogP contribution in [0.2, 0.25) is 0 Å². The average Bonchev–Trinajstić information content (AvgIpc) is 2.20. The van der Waals surface area contributed by atoms with E-state index in [9.17, 15) is 5.11 Å². The smallest absolute Gasteiger partial charge is 0.125 e. The van der Waals surface area contributed by atoms with Gasteiger partial charge in [-0.2, -0.15) is 0 Å². The van der Waals surface area contributed by atoms with E-state index in [0.29, 0.717) is 5.75 Å². The number of phenolic OH excluding ortho intramolecular Hbond substituents is 1. The molecule has 1 aromatic rings. The van der Waals surface area contributed by atoms with Crippen molar-refractivity contribution in [3.63, 3.8) is 0 Å². The topological polar surface area (TPSA) is 55.5 Å². The third-order valence-electron chi connectivity index (χ3n) is 2.28. The van der Waals surface area contributed by atoms with Crippen LogP contribution in [0.3, 0.4) is 0 Å². The highest BCUT2D eigenvalue weighted by atomic mass is 16.5. The molecule has 1 rings (SSSR count). The maximum absolute atomic E-state index is 9.25. The number of rotatable bonds is 4. The van der Waals surface area contributed by atoms with E-state index in [1.165, 1.54) is 0 Å². The molecule has 0 heterocycles. The predicted molar refractivity (Wildman–Crippen MR) is 56.6 cm³/mol. The number of nitrogens with two attached hydrogens (primary N) is 1. The van der Waals surface area contributed by atoms with Crippen LogP contribution in [0.1, 0.15) is 18.9 Å². The average molecular weight is 195 g/mol.